The lowest BCUT2D eigenvalue weighted by Gasteiger charge is -2.08. The number of aryl methyl sites for hydroxylation is 1. The fourth-order valence-electron chi connectivity index (χ4n) is 1.96. The standard InChI is InChI=1S/C14H12ClFN4/c1-9-5-13-18-7-10(8-20(13)19-9)6-17-12-4-2-3-11(15)14(12)16/h2-5,7-8,17H,6H2,1H3. The monoisotopic (exact) mass is 290 g/mol. The minimum atomic E-state index is -0.446. The summed E-state index contributed by atoms with van der Waals surface area (Å²) < 4.78 is 15.4. The Labute approximate surface area is 120 Å². The third kappa shape index (κ3) is 2.44. The van der Waals surface area contributed by atoms with E-state index in [9.17, 15) is 4.39 Å². The van der Waals surface area contributed by atoms with Gasteiger partial charge in [0.05, 0.1) is 16.4 Å². The second kappa shape index (κ2) is 5.09. The molecule has 20 heavy (non-hydrogen) atoms. The number of rotatable bonds is 3. The minimum absolute atomic E-state index is 0.103. The number of aromatic nitrogens is 3. The highest BCUT2D eigenvalue weighted by Crippen LogP contribution is 2.22. The van der Waals surface area contributed by atoms with E-state index in [4.69, 9.17) is 11.6 Å². The molecule has 0 bridgehead atoms. The van der Waals surface area contributed by atoms with Gasteiger partial charge in [-0.2, -0.15) is 5.10 Å². The van der Waals surface area contributed by atoms with Crippen LogP contribution in [0.2, 0.25) is 5.02 Å². The second-order valence-electron chi connectivity index (χ2n) is 4.51. The molecule has 0 radical (unpaired) electrons. The molecule has 3 aromatic rings. The molecule has 0 fully saturated rings. The number of fused-ring (bicyclic) bond motifs is 1. The number of nitrogens with one attached hydrogen (secondary N) is 1. The predicted octanol–water partition coefficient (Wildman–Crippen LogP) is 3.44. The van der Waals surface area contributed by atoms with Gasteiger partial charge in [0.15, 0.2) is 11.5 Å². The fourth-order valence-corrected chi connectivity index (χ4v) is 2.14. The second-order valence-corrected chi connectivity index (χ2v) is 4.91. The van der Waals surface area contributed by atoms with Gasteiger partial charge in [0.1, 0.15) is 0 Å². The van der Waals surface area contributed by atoms with Crippen molar-refractivity contribution < 1.29 is 4.39 Å². The van der Waals surface area contributed by atoms with Gasteiger partial charge in [0, 0.05) is 30.6 Å². The lowest BCUT2D eigenvalue weighted by Crippen LogP contribution is -2.04. The van der Waals surface area contributed by atoms with Gasteiger partial charge in [-0.25, -0.2) is 13.9 Å². The molecule has 1 N–H and O–H groups in total. The highest BCUT2D eigenvalue weighted by atomic mass is 35.5. The lowest BCUT2D eigenvalue weighted by atomic mass is 10.2. The Kier molecular flexibility index (Phi) is 3.28. The van der Waals surface area contributed by atoms with Gasteiger partial charge >= 0.3 is 0 Å². The van der Waals surface area contributed by atoms with Crippen LogP contribution >= 0.6 is 11.6 Å². The van der Waals surface area contributed by atoms with Crippen molar-refractivity contribution >= 4 is 22.9 Å². The molecule has 102 valence electrons. The molecule has 0 aliphatic rings. The molecule has 4 nitrogen and oxygen atoms in total. The average molecular weight is 291 g/mol. The van der Waals surface area contributed by atoms with Crippen LogP contribution < -0.4 is 5.32 Å². The Morgan fingerprint density at radius 1 is 1.40 bits per heavy atom. The third-order valence-electron chi connectivity index (χ3n) is 2.92. The highest BCUT2D eigenvalue weighted by molar-refractivity contribution is 6.31. The molecule has 0 saturated carbocycles. The maximum absolute atomic E-state index is 13.7. The molecule has 0 aliphatic carbocycles. The van der Waals surface area contributed by atoms with Crippen LogP contribution in [-0.2, 0) is 6.54 Å². The van der Waals surface area contributed by atoms with Crippen LogP contribution in [0.1, 0.15) is 11.3 Å². The molecule has 0 amide bonds. The van der Waals surface area contributed by atoms with Crippen molar-refractivity contribution in [1.29, 1.82) is 0 Å². The van der Waals surface area contributed by atoms with Gasteiger partial charge in [-0.05, 0) is 19.1 Å². The van der Waals surface area contributed by atoms with Crippen LogP contribution in [0.5, 0.6) is 0 Å². The maximum Gasteiger partial charge on any atom is 0.164 e. The molecule has 6 heteroatoms. The first kappa shape index (κ1) is 12.9. The molecular formula is C14H12ClFN4. The number of anilines is 1. The largest absolute Gasteiger partial charge is 0.378 e. The number of hydrogen-bond donors (Lipinski definition) is 1. The van der Waals surface area contributed by atoms with Crippen LogP contribution in [0.25, 0.3) is 5.65 Å². The SMILES string of the molecule is Cc1cc2ncc(CNc3cccc(Cl)c3F)cn2n1. The minimum Gasteiger partial charge on any atom is -0.378 e. The van der Waals surface area contributed by atoms with E-state index in [2.05, 4.69) is 15.4 Å². The van der Waals surface area contributed by atoms with Crippen LogP contribution in [0.4, 0.5) is 10.1 Å². The van der Waals surface area contributed by atoms with Gasteiger partial charge in [-0.3, -0.25) is 0 Å². The Balaban J connectivity index is 1.81. The van der Waals surface area contributed by atoms with E-state index in [0.717, 1.165) is 16.9 Å². The Bertz CT molecular complexity index is 769. The van der Waals surface area contributed by atoms with Gasteiger partial charge < -0.3 is 5.32 Å². The third-order valence-corrected chi connectivity index (χ3v) is 3.22. The number of hydrogen-bond acceptors (Lipinski definition) is 3. The summed E-state index contributed by atoms with van der Waals surface area (Å²) in [6.07, 6.45) is 3.61. The van der Waals surface area contributed by atoms with Gasteiger partial charge in [-0.1, -0.05) is 17.7 Å². The predicted molar refractivity (Wildman–Crippen MR) is 76.5 cm³/mol. The molecule has 2 heterocycles. The number of nitrogens with zero attached hydrogens (tertiary/aromatic N) is 3. The van der Waals surface area contributed by atoms with Gasteiger partial charge in [0.2, 0.25) is 0 Å². The summed E-state index contributed by atoms with van der Waals surface area (Å²) in [7, 11) is 0. The molecule has 2 aromatic heterocycles. The average Bonchev–Trinajstić information content (AvgIpc) is 2.79. The molecule has 1 aromatic carbocycles. The summed E-state index contributed by atoms with van der Waals surface area (Å²) in [5.41, 5.74) is 2.97. The summed E-state index contributed by atoms with van der Waals surface area (Å²) in [5, 5.41) is 7.40. The lowest BCUT2D eigenvalue weighted by molar-refractivity contribution is 0.630. The fraction of sp³-hybridized carbons (Fsp3) is 0.143. The zero-order valence-electron chi connectivity index (χ0n) is 10.8. The summed E-state index contributed by atoms with van der Waals surface area (Å²) in [4.78, 5) is 4.29. The smallest absolute Gasteiger partial charge is 0.164 e. The molecule has 0 saturated heterocycles. The summed E-state index contributed by atoms with van der Waals surface area (Å²) in [6.45, 7) is 2.35. The molecule has 0 spiro atoms. The van der Waals surface area contributed by atoms with E-state index in [-0.39, 0.29) is 5.02 Å². The van der Waals surface area contributed by atoms with E-state index in [1.807, 2.05) is 19.2 Å². The van der Waals surface area contributed by atoms with Crippen LogP contribution in [0.15, 0.2) is 36.7 Å². The quantitative estimate of drug-likeness (QED) is 0.803. The zero-order chi connectivity index (χ0) is 14.1. The highest BCUT2D eigenvalue weighted by Gasteiger charge is 2.06. The van der Waals surface area contributed by atoms with E-state index in [0.29, 0.717) is 12.2 Å². The van der Waals surface area contributed by atoms with Crippen molar-refractivity contribution in [1.82, 2.24) is 14.6 Å². The first-order valence-electron chi connectivity index (χ1n) is 6.12. The van der Waals surface area contributed by atoms with E-state index < -0.39 is 5.82 Å². The van der Waals surface area contributed by atoms with Crippen LogP contribution in [0.3, 0.4) is 0 Å². The molecule has 0 unspecified atom stereocenters. The zero-order valence-corrected chi connectivity index (χ0v) is 11.5. The van der Waals surface area contributed by atoms with E-state index >= 15 is 0 Å². The van der Waals surface area contributed by atoms with Crippen LogP contribution in [0, 0.1) is 12.7 Å². The van der Waals surface area contributed by atoms with Crippen molar-refractivity contribution in [2.75, 3.05) is 5.32 Å². The van der Waals surface area contributed by atoms with Crippen molar-refractivity contribution in [2.24, 2.45) is 0 Å². The Morgan fingerprint density at radius 3 is 3.10 bits per heavy atom. The summed E-state index contributed by atoms with van der Waals surface area (Å²) >= 11 is 5.73. The first-order chi connectivity index (χ1) is 9.63. The van der Waals surface area contributed by atoms with Crippen molar-refractivity contribution in [3.8, 4) is 0 Å². The Morgan fingerprint density at radius 2 is 2.25 bits per heavy atom. The number of benzene rings is 1. The van der Waals surface area contributed by atoms with Gasteiger partial charge in [0.25, 0.3) is 0 Å². The Hall–Kier alpha value is -2.14. The first-order valence-corrected chi connectivity index (χ1v) is 6.50. The molecule has 3 rings (SSSR count). The van der Waals surface area contributed by atoms with Crippen molar-refractivity contribution in [2.45, 2.75) is 13.5 Å². The topological polar surface area (TPSA) is 42.2 Å². The van der Waals surface area contributed by atoms with Crippen LogP contribution in [-0.4, -0.2) is 14.6 Å². The maximum atomic E-state index is 13.7. The molecule has 0 aliphatic heterocycles. The van der Waals surface area contributed by atoms with Crippen molar-refractivity contribution in [3.05, 3.63) is 58.8 Å². The summed E-state index contributed by atoms with van der Waals surface area (Å²) in [6, 6.07) is 6.76. The normalized spacial score (nSPS) is 10.9. The number of halogens is 2. The molecule has 0 atom stereocenters. The summed E-state index contributed by atoms with van der Waals surface area (Å²) in [5.74, 6) is -0.446. The van der Waals surface area contributed by atoms with Gasteiger partial charge in [-0.15, -0.1) is 0 Å². The molecular weight excluding hydrogens is 279 g/mol. The van der Waals surface area contributed by atoms with Crippen molar-refractivity contribution in [3.63, 3.8) is 0 Å². The van der Waals surface area contributed by atoms with E-state index in [1.54, 1.807) is 22.8 Å². The van der Waals surface area contributed by atoms with E-state index in [1.165, 1.54) is 6.07 Å².